The van der Waals surface area contributed by atoms with E-state index in [9.17, 15) is 0 Å². The first-order valence-electron chi connectivity index (χ1n) is 33.2. The molecular weight excluding hydrogens is 1110 g/mol. The maximum absolute atomic E-state index is 2.79. The minimum atomic E-state index is -0.694. The number of hydrogen-bond acceptors (Lipinski definition) is 3. The molecule has 0 saturated heterocycles. The van der Waals surface area contributed by atoms with Crippen LogP contribution in [0.1, 0.15) is 125 Å². The van der Waals surface area contributed by atoms with Crippen molar-refractivity contribution >= 4 is 63.3 Å². The van der Waals surface area contributed by atoms with Gasteiger partial charge in [-0.25, -0.2) is 0 Å². The Morgan fingerprint density at radius 3 is 1.48 bits per heavy atom. The van der Waals surface area contributed by atoms with Crippen LogP contribution in [0.2, 0.25) is 0 Å². The Hall–Kier alpha value is -9.90. The standard InChI is InChI=1S/C88H76BN3/c1-84(2,3)61-41-47-65(48-42-61)90(64-43-37-59(38-44-64)57-25-14-10-15-26-57)67-49-50-69-77(53-67)92(66-45-39-60(40-46-66)58-27-16-11-17-28-58)89-76-36-24-35-71-83(76)91(79-56-75-80(81(69)82(79)89)68-33-22-23-34-70(68)87(75,8)9)78-55-73-72(85(4,5)51-52-86(73,6)7)54-74(78)88(71,62-29-18-12-19-30-62)63-31-20-13-21-32-63/h10-50,53-56H,51-52H2,1-9H3. The van der Waals surface area contributed by atoms with Crippen molar-refractivity contribution in [3.8, 4) is 44.5 Å². The highest BCUT2D eigenvalue weighted by Crippen LogP contribution is 2.64. The zero-order valence-electron chi connectivity index (χ0n) is 54.3. The number of rotatable bonds is 8. The number of para-hydroxylation sites is 1. The highest BCUT2D eigenvalue weighted by Gasteiger charge is 2.56. The molecule has 2 aliphatic carbocycles. The number of benzene rings is 12. The molecule has 4 heteroatoms. The Morgan fingerprint density at radius 2 is 0.880 bits per heavy atom. The van der Waals surface area contributed by atoms with Gasteiger partial charge in [0.15, 0.2) is 0 Å². The molecule has 0 spiro atoms. The molecule has 3 heterocycles. The summed E-state index contributed by atoms with van der Waals surface area (Å²) < 4.78 is 0. The van der Waals surface area contributed by atoms with E-state index < -0.39 is 5.41 Å². The summed E-state index contributed by atoms with van der Waals surface area (Å²) in [6, 6.07) is 105. The first-order valence-corrected chi connectivity index (χ1v) is 33.2. The van der Waals surface area contributed by atoms with E-state index in [1.165, 1.54) is 128 Å². The topological polar surface area (TPSA) is 9.72 Å². The van der Waals surface area contributed by atoms with Crippen molar-refractivity contribution in [1.29, 1.82) is 0 Å². The molecule has 0 aromatic heterocycles. The fourth-order valence-corrected chi connectivity index (χ4v) is 17.0. The third-order valence-corrected chi connectivity index (χ3v) is 21.9. The second-order valence-electron chi connectivity index (χ2n) is 29.5. The molecule has 3 aliphatic heterocycles. The predicted molar refractivity (Wildman–Crippen MR) is 389 cm³/mol. The molecule has 446 valence electrons. The minimum absolute atomic E-state index is 0.00813. The first kappa shape index (κ1) is 56.1. The van der Waals surface area contributed by atoms with Gasteiger partial charge in [0.25, 0.3) is 0 Å². The lowest BCUT2D eigenvalue weighted by Gasteiger charge is -2.53. The number of fused-ring (bicyclic) bond motifs is 11. The van der Waals surface area contributed by atoms with Gasteiger partial charge in [0.2, 0.25) is 0 Å². The third-order valence-electron chi connectivity index (χ3n) is 21.9. The summed E-state index contributed by atoms with van der Waals surface area (Å²) in [5.41, 5.74) is 33.1. The number of nitrogens with zero attached hydrogens (tertiary/aromatic N) is 3. The summed E-state index contributed by atoms with van der Waals surface area (Å²) in [5.74, 6) is 0. The van der Waals surface area contributed by atoms with Crippen LogP contribution in [0.3, 0.4) is 0 Å². The van der Waals surface area contributed by atoms with Crippen LogP contribution in [0.4, 0.5) is 45.5 Å². The smallest absolute Gasteiger partial charge is 0.333 e. The lowest BCUT2D eigenvalue weighted by atomic mass is 9.42. The van der Waals surface area contributed by atoms with E-state index in [0.29, 0.717) is 0 Å². The van der Waals surface area contributed by atoms with Crippen LogP contribution >= 0.6 is 0 Å². The van der Waals surface area contributed by atoms with Gasteiger partial charge in [-0.05, 0) is 190 Å². The van der Waals surface area contributed by atoms with Crippen LogP contribution in [0, 0.1) is 0 Å². The fourth-order valence-electron chi connectivity index (χ4n) is 17.0. The highest BCUT2D eigenvalue weighted by atomic mass is 15.2. The maximum atomic E-state index is 2.79. The SMILES string of the molecule is CC(C)(C)c1ccc(N(c2ccc(-c3ccccc3)cc2)c2ccc3c(c2)N(c2ccc(-c4ccccc4)cc2)B2c4cccc5c4N(c4cc6c(cc4C5(c4ccccc4)c4ccccc4)C(C)(C)CCC6(C)C)c4cc5c(c-3c42)-c2ccccc2C5(C)C)cc1. The molecule has 92 heavy (non-hydrogen) atoms. The van der Waals surface area contributed by atoms with Gasteiger partial charge >= 0.3 is 6.85 Å². The van der Waals surface area contributed by atoms with Gasteiger partial charge in [-0.1, -0.05) is 275 Å². The van der Waals surface area contributed by atoms with Crippen molar-refractivity contribution in [3.63, 3.8) is 0 Å². The van der Waals surface area contributed by atoms with Gasteiger partial charge in [-0.15, -0.1) is 0 Å². The van der Waals surface area contributed by atoms with E-state index in [1.54, 1.807) is 0 Å². The van der Waals surface area contributed by atoms with E-state index in [2.05, 4.69) is 350 Å². The van der Waals surface area contributed by atoms with Crippen LogP contribution < -0.4 is 25.5 Å². The molecule has 0 bridgehead atoms. The molecule has 0 amide bonds. The van der Waals surface area contributed by atoms with Gasteiger partial charge < -0.3 is 14.6 Å². The largest absolute Gasteiger partial charge is 0.376 e. The molecule has 0 N–H and O–H groups in total. The predicted octanol–water partition coefficient (Wildman–Crippen LogP) is 21.8. The van der Waals surface area contributed by atoms with Crippen LogP contribution in [0.5, 0.6) is 0 Å². The quantitative estimate of drug-likeness (QED) is 0.140. The fraction of sp³-hybridized carbons (Fsp3) is 0.182. The second-order valence-corrected chi connectivity index (χ2v) is 29.5. The third kappa shape index (κ3) is 8.21. The molecule has 12 aromatic carbocycles. The van der Waals surface area contributed by atoms with Crippen molar-refractivity contribution in [1.82, 2.24) is 0 Å². The Kier molecular flexibility index (Phi) is 12.4. The van der Waals surface area contributed by atoms with E-state index in [4.69, 9.17) is 0 Å². The molecule has 0 saturated carbocycles. The van der Waals surface area contributed by atoms with Crippen molar-refractivity contribution in [2.24, 2.45) is 0 Å². The van der Waals surface area contributed by atoms with Crippen LogP contribution in [-0.4, -0.2) is 6.85 Å². The van der Waals surface area contributed by atoms with E-state index in [0.717, 1.165) is 35.6 Å². The zero-order valence-corrected chi connectivity index (χ0v) is 54.3. The van der Waals surface area contributed by atoms with Gasteiger partial charge in [0.05, 0.1) is 11.1 Å². The summed E-state index contributed by atoms with van der Waals surface area (Å²) in [6.07, 6.45) is 2.25. The van der Waals surface area contributed by atoms with Crippen molar-refractivity contribution in [2.75, 3.05) is 14.6 Å². The van der Waals surface area contributed by atoms with Gasteiger partial charge in [-0.2, -0.15) is 0 Å². The Bertz CT molecular complexity index is 4870. The molecule has 12 aromatic rings. The minimum Gasteiger partial charge on any atom is -0.376 e. The normalized spacial score (nSPS) is 16.1. The number of hydrogen-bond donors (Lipinski definition) is 0. The molecule has 0 fully saturated rings. The van der Waals surface area contributed by atoms with Gasteiger partial charge in [0.1, 0.15) is 0 Å². The summed E-state index contributed by atoms with van der Waals surface area (Å²) in [5, 5.41) is 0. The van der Waals surface area contributed by atoms with Crippen LogP contribution in [0.25, 0.3) is 44.5 Å². The highest BCUT2D eigenvalue weighted by molar-refractivity contribution is 6.94. The summed E-state index contributed by atoms with van der Waals surface area (Å²) >= 11 is 0. The van der Waals surface area contributed by atoms with Crippen molar-refractivity contribution in [2.45, 2.75) is 102 Å². The summed E-state index contributed by atoms with van der Waals surface area (Å²) in [7, 11) is 0. The molecule has 0 atom stereocenters. The summed E-state index contributed by atoms with van der Waals surface area (Å²) in [4.78, 5) is 8.01. The van der Waals surface area contributed by atoms with E-state index >= 15 is 0 Å². The molecule has 3 nitrogen and oxygen atoms in total. The molecule has 0 radical (unpaired) electrons. The van der Waals surface area contributed by atoms with Crippen molar-refractivity contribution in [3.05, 3.63) is 323 Å². The van der Waals surface area contributed by atoms with E-state index in [-0.39, 0.29) is 28.5 Å². The maximum Gasteiger partial charge on any atom is 0.333 e. The monoisotopic (exact) mass is 1190 g/mol. The lowest BCUT2D eigenvalue weighted by molar-refractivity contribution is 0.331. The van der Waals surface area contributed by atoms with Crippen LogP contribution in [-0.2, 0) is 27.1 Å². The average Bonchev–Trinajstić information content (AvgIpc) is 0.989. The zero-order chi connectivity index (χ0) is 62.6. The number of anilines is 8. The van der Waals surface area contributed by atoms with Gasteiger partial charge in [-0.3, -0.25) is 0 Å². The van der Waals surface area contributed by atoms with Crippen LogP contribution in [0.15, 0.2) is 273 Å². The van der Waals surface area contributed by atoms with Crippen molar-refractivity contribution < 1.29 is 0 Å². The average molecular weight is 1190 g/mol. The summed E-state index contributed by atoms with van der Waals surface area (Å²) in [6.45, 7) is 21.6. The Labute approximate surface area is 544 Å². The molecule has 0 unspecified atom stereocenters. The molecular formula is C88H76BN3. The Morgan fingerprint density at radius 1 is 0.380 bits per heavy atom. The Balaban J connectivity index is 1.01. The van der Waals surface area contributed by atoms with Gasteiger partial charge in [0, 0.05) is 50.8 Å². The molecule has 5 aliphatic rings. The first-order chi connectivity index (χ1) is 44.5. The second kappa shape index (κ2) is 20.3. The van der Waals surface area contributed by atoms with E-state index in [1.807, 2.05) is 0 Å². The molecule has 17 rings (SSSR count). The lowest BCUT2D eigenvalue weighted by Crippen LogP contribution is -2.63.